The quantitative estimate of drug-likeness (QED) is 0.721. The maximum atomic E-state index is 13.0. The summed E-state index contributed by atoms with van der Waals surface area (Å²) in [6, 6.07) is 12.6. The van der Waals surface area contributed by atoms with E-state index in [4.69, 9.17) is 4.74 Å². The maximum Gasteiger partial charge on any atom is 0.325 e. The zero-order chi connectivity index (χ0) is 21.3. The van der Waals surface area contributed by atoms with Gasteiger partial charge >= 0.3 is 6.03 Å². The van der Waals surface area contributed by atoms with Crippen molar-refractivity contribution in [2.45, 2.75) is 38.1 Å². The highest BCUT2D eigenvalue weighted by atomic mass is 16.5. The number of nitrogens with one attached hydrogen (secondary N) is 2. The maximum absolute atomic E-state index is 13.0. The number of rotatable bonds is 6. The summed E-state index contributed by atoms with van der Waals surface area (Å²) in [5.74, 6) is -0.186. The van der Waals surface area contributed by atoms with Gasteiger partial charge in [0.15, 0.2) is 0 Å². The number of ether oxygens (including phenoxy) is 1. The number of methoxy groups -OCH3 is 1. The number of urea groups is 1. The number of carbonyl (C=O) groups is 3. The summed E-state index contributed by atoms with van der Waals surface area (Å²) in [5.41, 5.74) is 2.91. The number of imide groups is 1. The summed E-state index contributed by atoms with van der Waals surface area (Å²) in [6.07, 6.45) is 3.47. The molecule has 4 rings (SSSR count). The van der Waals surface area contributed by atoms with E-state index in [9.17, 15) is 14.4 Å². The number of para-hydroxylation sites is 1. The first-order valence-corrected chi connectivity index (χ1v) is 10.1. The lowest BCUT2D eigenvalue weighted by atomic mass is 9.92. The lowest BCUT2D eigenvalue weighted by molar-refractivity contribution is -0.133. The average Bonchev–Trinajstić information content (AvgIpc) is 3.26. The molecule has 4 amide bonds. The molecular weight excluding hydrogens is 382 g/mol. The van der Waals surface area contributed by atoms with E-state index in [1.807, 2.05) is 42.5 Å². The molecule has 1 saturated heterocycles. The van der Waals surface area contributed by atoms with Crippen LogP contribution in [-0.4, -0.2) is 41.9 Å². The highest BCUT2D eigenvalue weighted by Crippen LogP contribution is 2.28. The molecule has 30 heavy (non-hydrogen) atoms. The molecular formula is C23H25N3O4. The number of benzene rings is 2. The van der Waals surface area contributed by atoms with Gasteiger partial charge in [-0.05, 0) is 61.1 Å². The van der Waals surface area contributed by atoms with E-state index < -0.39 is 23.4 Å². The van der Waals surface area contributed by atoms with Gasteiger partial charge in [0.25, 0.3) is 5.91 Å². The van der Waals surface area contributed by atoms with Crippen molar-refractivity contribution in [2.75, 3.05) is 19.0 Å². The zero-order valence-corrected chi connectivity index (χ0v) is 17.2. The van der Waals surface area contributed by atoms with E-state index >= 15 is 0 Å². The number of carbonyl (C=O) groups excluding carboxylic acids is 3. The second-order valence-corrected chi connectivity index (χ2v) is 8.03. The molecule has 1 atom stereocenters. The Hall–Kier alpha value is -3.35. The van der Waals surface area contributed by atoms with Crippen molar-refractivity contribution in [3.05, 3.63) is 59.2 Å². The normalized spacial score (nSPS) is 20.1. The molecule has 2 aromatic carbocycles. The Bertz CT molecular complexity index is 1020. The predicted octanol–water partition coefficient (Wildman–Crippen LogP) is 2.68. The lowest BCUT2D eigenvalue weighted by Gasteiger charge is -2.22. The standard InChI is InChI=1S/C23H25N3O4/c1-23(13-17-6-3-4-9-19(17)30-2)21(28)26(22(29)25-23)14-20(27)24-18-11-10-15-7-5-8-16(15)12-18/h3-4,6,9-12H,5,7-8,13-14H2,1-2H3,(H,24,27)(H,25,29)/t23-/m1/s1. The van der Waals surface area contributed by atoms with Crippen LogP contribution in [0.1, 0.15) is 30.0 Å². The Morgan fingerprint density at radius 3 is 2.73 bits per heavy atom. The van der Waals surface area contributed by atoms with Crippen LogP contribution in [0.3, 0.4) is 0 Å². The highest BCUT2D eigenvalue weighted by Gasteiger charge is 2.48. The summed E-state index contributed by atoms with van der Waals surface area (Å²) < 4.78 is 5.35. The topological polar surface area (TPSA) is 87.7 Å². The molecule has 156 valence electrons. The van der Waals surface area contributed by atoms with Gasteiger partial charge in [-0.15, -0.1) is 0 Å². The van der Waals surface area contributed by atoms with Crippen molar-refractivity contribution >= 4 is 23.5 Å². The Morgan fingerprint density at radius 2 is 1.93 bits per heavy atom. The van der Waals surface area contributed by atoms with Gasteiger partial charge in [-0.25, -0.2) is 4.79 Å². The first kappa shape index (κ1) is 19.9. The van der Waals surface area contributed by atoms with Crippen molar-refractivity contribution in [2.24, 2.45) is 0 Å². The van der Waals surface area contributed by atoms with Crippen LogP contribution in [0, 0.1) is 0 Å². The molecule has 0 spiro atoms. The second-order valence-electron chi connectivity index (χ2n) is 8.03. The van der Waals surface area contributed by atoms with E-state index in [-0.39, 0.29) is 13.0 Å². The van der Waals surface area contributed by atoms with Crippen LogP contribution in [0.2, 0.25) is 0 Å². The number of hydrogen-bond acceptors (Lipinski definition) is 4. The van der Waals surface area contributed by atoms with Crippen molar-refractivity contribution in [1.82, 2.24) is 10.2 Å². The van der Waals surface area contributed by atoms with E-state index in [1.54, 1.807) is 14.0 Å². The second kappa shape index (κ2) is 7.82. The third kappa shape index (κ3) is 3.75. The minimum absolute atomic E-state index is 0.268. The Morgan fingerprint density at radius 1 is 1.17 bits per heavy atom. The first-order chi connectivity index (χ1) is 14.4. The van der Waals surface area contributed by atoms with Crippen molar-refractivity contribution in [1.29, 1.82) is 0 Å². The van der Waals surface area contributed by atoms with Crippen molar-refractivity contribution in [3.8, 4) is 5.75 Å². The number of anilines is 1. The van der Waals surface area contributed by atoms with Gasteiger partial charge in [0.05, 0.1) is 7.11 Å². The van der Waals surface area contributed by atoms with Gasteiger partial charge in [-0.2, -0.15) is 0 Å². The molecule has 2 aliphatic rings. The van der Waals surface area contributed by atoms with Gasteiger partial charge in [0.1, 0.15) is 17.8 Å². The number of amides is 4. The molecule has 7 nitrogen and oxygen atoms in total. The molecule has 0 aromatic heterocycles. The summed E-state index contributed by atoms with van der Waals surface area (Å²) >= 11 is 0. The number of nitrogens with zero attached hydrogens (tertiary/aromatic N) is 1. The van der Waals surface area contributed by atoms with Gasteiger partial charge < -0.3 is 15.4 Å². The molecule has 0 saturated carbocycles. The molecule has 1 aliphatic heterocycles. The van der Waals surface area contributed by atoms with Crippen LogP contribution in [-0.2, 0) is 28.9 Å². The molecule has 7 heteroatoms. The molecule has 1 fully saturated rings. The SMILES string of the molecule is COc1ccccc1C[C@@]1(C)NC(=O)N(CC(=O)Nc2ccc3c(c2)CCC3)C1=O. The highest BCUT2D eigenvalue weighted by molar-refractivity contribution is 6.10. The molecule has 2 N–H and O–H groups in total. The minimum atomic E-state index is -1.14. The Labute approximate surface area is 175 Å². The number of aryl methyl sites for hydroxylation is 2. The van der Waals surface area contributed by atoms with Gasteiger partial charge in [0.2, 0.25) is 5.91 Å². The number of hydrogen-bond donors (Lipinski definition) is 2. The largest absolute Gasteiger partial charge is 0.496 e. The summed E-state index contributed by atoms with van der Waals surface area (Å²) in [6.45, 7) is 1.33. The minimum Gasteiger partial charge on any atom is -0.496 e. The van der Waals surface area contributed by atoms with E-state index in [2.05, 4.69) is 10.6 Å². The van der Waals surface area contributed by atoms with Gasteiger partial charge in [0, 0.05) is 12.1 Å². The fraction of sp³-hybridized carbons (Fsp3) is 0.348. The Kier molecular flexibility index (Phi) is 5.20. The Balaban J connectivity index is 1.44. The van der Waals surface area contributed by atoms with E-state index in [0.29, 0.717) is 11.4 Å². The predicted molar refractivity (Wildman–Crippen MR) is 112 cm³/mol. The van der Waals surface area contributed by atoms with Crippen LogP contribution in [0.5, 0.6) is 5.75 Å². The summed E-state index contributed by atoms with van der Waals surface area (Å²) in [4.78, 5) is 39.0. The van der Waals surface area contributed by atoms with Crippen molar-refractivity contribution < 1.29 is 19.1 Å². The average molecular weight is 407 g/mol. The summed E-state index contributed by atoms with van der Waals surface area (Å²) in [7, 11) is 1.56. The monoisotopic (exact) mass is 407 g/mol. The smallest absolute Gasteiger partial charge is 0.325 e. The molecule has 1 heterocycles. The first-order valence-electron chi connectivity index (χ1n) is 10.1. The van der Waals surface area contributed by atoms with Gasteiger partial charge in [-0.1, -0.05) is 24.3 Å². The summed E-state index contributed by atoms with van der Waals surface area (Å²) in [5, 5.41) is 5.54. The zero-order valence-electron chi connectivity index (χ0n) is 17.2. The van der Waals surface area contributed by atoms with Crippen LogP contribution in [0.4, 0.5) is 10.5 Å². The molecule has 0 bridgehead atoms. The van der Waals surface area contributed by atoms with Crippen LogP contribution in [0.15, 0.2) is 42.5 Å². The molecule has 0 radical (unpaired) electrons. The van der Waals surface area contributed by atoms with E-state index in [1.165, 1.54) is 11.1 Å². The molecule has 2 aromatic rings. The third-order valence-electron chi connectivity index (χ3n) is 5.77. The van der Waals surface area contributed by atoms with Crippen LogP contribution >= 0.6 is 0 Å². The molecule has 1 aliphatic carbocycles. The van der Waals surface area contributed by atoms with Gasteiger partial charge in [-0.3, -0.25) is 14.5 Å². The van der Waals surface area contributed by atoms with Crippen LogP contribution < -0.4 is 15.4 Å². The number of fused-ring (bicyclic) bond motifs is 1. The fourth-order valence-corrected chi connectivity index (χ4v) is 4.23. The third-order valence-corrected chi connectivity index (χ3v) is 5.77. The van der Waals surface area contributed by atoms with E-state index in [0.717, 1.165) is 29.7 Å². The van der Waals surface area contributed by atoms with Crippen LogP contribution in [0.25, 0.3) is 0 Å². The molecule has 0 unspecified atom stereocenters. The fourth-order valence-electron chi connectivity index (χ4n) is 4.23. The lowest BCUT2D eigenvalue weighted by Crippen LogP contribution is -2.46. The van der Waals surface area contributed by atoms with Crippen molar-refractivity contribution in [3.63, 3.8) is 0 Å².